The summed E-state index contributed by atoms with van der Waals surface area (Å²) in [5.41, 5.74) is 12.2. The summed E-state index contributed by atoms with van der Waals surface area (Å²) in [6.45, 7) is 0. The van der Waals surface area contributed by atoms with Gasteiger partial charge in [-0.05, 0) is 72.3 Å². The maximum Gasteiger partial charge on any atom is 0.101 e. The molecule has 0 radical (unpaired) electrons. The lowest BCUT2D eigenvalue weighted by Gasteiger charge is -2.16. The third-order valence-electron chi connectivity index (χ3n) is 11.1. The Bertz CT molecular complexity index is 3420. The van der Waals surface area contributed by atoms with E-state index in [0.717, 1.165) is 71.8 Å². The quantitative estimate of drug-likeness (QED) is 0.184. The zero-order valence-electron chi connectivity index (χ0n) is 29.5. The summed E-state index contributed by atoms with van der Waals surface area (Å²) in [5.74, 6) is 0. The Morgan fingerprint density at radius 2 is 0.873 bits per heavy atom. The van der Waals surface area contributed by atoms with Gasteiger partial charge in [-0.1, -0.05) is 109 Å². The molecule has 3 aromatic heterocycles. The van der Waals surface area contributed by atoms with Gasteiger partial charge in [0.15, 0.2) is 0 Å². The molecule has 0 bridgehead atoms. The third-order valence-corrected chi connectivity index (χ3v) is 11.1. The number of benzene rings is 8. The van der Waals surface area contributed by atoms with Crippen molar-refractivity contribution in [1.82, 2.24) is 13.7 Å². The average Bonchev–Trinajstić information content (AvgIpc) is 3.89. The number of nitrogens with zero attached hydrogens (tertiary/aromatic N) is 5. The van der Waals surface area contributed by atoms with E-state index in [1.807, 2.05) is 42.5 Å². The Morgan fingerprint density at radius 3 is 1.55 bits per heavy atom. The van der Waals surface area contributed by atoms with E-state index in [1.165, 1.54) is 21.8 Å². The molecule has 55 heavy (non-hydrogen) atoms. The molecule has 0 aliphatic carbocycles. The summed E-state index contributed by atoms with van der Waals surface area (Å²) in [7, 11) is 0. The van der Waals surface area contributed by atoms with Crippen molar-refractivity contribution in [3.05, 3.63) is 187 Å². The van der Waals surface area contributed by atoms with Crippen molar-refractivity contribution in [1.29, 1.82) is 10.5 Å². The Labute approximate surface area is 316 Å². The van der Waals surface area contributed by atoms with Gasteiger partial charge in [0.2, 0.25) is 0 Å². The van der Waals surface area contributed by atoms with Crippen LogP contribution in [0.5, 0.6) is 0 Å². The van der Waals surface area contributed by atoms with Crippen molar-refractivity contribution < 1.29 is 0 Å². The summed E-state index contributed by atoms with van der Waals surface area (Å²) < 4.78 is 6.76. The molecular weight excluding hydrogens is 671 g/mol. The van der Waals surface area contributed by atoms with Gasteiger partial charge in [0, 0.05) is 43.6 Å². The van der Waals surface area contributed by atoms with Crippen molar-refractivity contribution in [3.8, 4) is 40.3 Å². The van der Waals surface area contributed by atoms with Crippen LogP contribution in [-0.4, -0.2) is 13.7 Å². The highest BCUT2D eigenvalue weighted by Crippen LogP contribution is 2.40. The average molecular weight is 700 g/mol. The van der Waals surface area contributed by atoms with Crippen molar-refractivity contribution in [2.45, 2.75) is 0 Å². The van der Waals surface area contributed by atoms with Crippen LogP contribution in [0.25, 0.3) is 93.6 Å². The molecule has 0 fully saturated rings. The number of aromatic nitrogens is 3. The summed E-state index contributed by atoms with van der Waals surface area (Å²) in [5, 5.41) is 27.8. The molecule has 0 N–H and O–H groups in total. The van der Waals surface area contributed by atoms with Crippen molar-refractivity contribution in [2.24, 2.45) is 0 Å². The highest BCUT2D eigenvalue weighted by atomic mass is 15.0. The minimum atomic E-state index is 0.571. The van der Waals surface area contributed by atoms with E-state index in [1.54, 1.807) is 0 Å². The molecule has 0 saturated carbocycles. The molecule has 0 aliphatic rings. The molecule has 0 amide bonds. The number of hydrogen-bond donors (Lipinski definition) is 0. The van der Waals surface area contributed by atoms with Gasteiger partial charge < -0.3 is 13.7 Å². The van der Waals surface area contributed by atoms with Crippen LogP contribution in [0.2, 0.25) is 0 Å². The largest absolute Gasteiger partial charge is 0.309 e. The van der Waals surface area contributed by atoms with E-state index in [2.05, 4.69) is 159 Å². The minimum absolute atomic E-state index is 0.571. The Morgan fingerprint density at radius 1 is 0.345 bits per heavy atom. The van der Waals surface area contributed by atoms with E-state index in [9.17, 15) is 10.5 Å². The summed E-state index contributed by atoms with van der Waals surface area (Å²) in [6, 6.07) is 65.8. The molecule has 0 saturated heterocycles. The lowest BCUT2D eigenvalue weighted by molar-refractivity contribution is 1.15. The summed E-state index contributed by atoms with van der Waals surface area (Å²) in [4.78, 5) is 0. The fourth-order valence-electron chi connectivity index (χ4n) is 8.82. The number of fused-ring (bicyclic) bond motifs is 9. The summed E-state index contributed by atoms with van der Waals surface area (Å²) in [6.07, 6.45) is 0. The number of para-hydroxylation sites is 6. The normalized spacial score (nSPS) is 11.6. The molecule has 5 heteroatoms. The van der Waals surface area contributed by atoms with Crippen LogP contribution in [0.1, 0.15) is 11.1 Å². The zero-order chi connectivity index (χ0) is 36.6. The first kappa shape index (κ1) is 30.7. The van der Waals surface area contributed by atoms with E-state index in [4.69, 9.17) is 0 Å². The Balaban J connectivity index is 1.11. The van der Waals surface area contributed by atoms with Gasteiger partial charge in [-0.15, -0.1) is 0 Å². The van der Waals surface area contributed by atoms with Gasteiger partial charge in [0.25, 0.3) is 0 Å². The first-order valence-electron chi connectivity index (χ1n) is 18.3. The molecule has 5 nitrogen and oxygen atoms in total. The number of hydrogen-bond acceptors (Lipinski definition) is 2. The number of nitriles is 2. The van der Waals surface area contributed by atoms with Crippen LogP contribution in [0, 0.1) is 22.7 Å². The maximum atomic E-state index is 10.8. The van der Waals surface area contributed by atoms with Crippen LogP contribution in [0.4, 0.5) is 0 Å². The standard InChI is InChI=1S/C50H29N5/c51-30-33-12-11-18-41-39-16-4-10-23-48(39)55(50(33)41)44-19-6-1-13-36(44)32-24-26-43(34(28-32)31-52)54-47-22-9-5-17-40(47)42-29-35(25-27-49(42)54)53-45-20-7-2-14-37(45)38-15-3-8-21-46(38)53/h1-29H. The van der Waals surface area contributed by atoms with Gasteiger partial charge in [-0.3, -0.25) is 0 Å². The second-order valence-electron chi connectivity index (χ2n) is 14.0. The van der Waals surface area contributed by atoms with Crippen LogP contribution in [0.3, 0.4) is 0 Å². The fourth-order valence-corrected chi connectivity index (χ4v) is 8.82. The first-order chi connectivity index (χ1) is 27.2. The van der Waals surface area contributed by atoms with Gasteiger partial charge in [0.1, 0.15) is 12.1 Å². The minimum Gasteiger partial charge on any atom is -0.309 e. The number of rotatable bonds is 4. The molecule has 8 aromatic carbocycles. The molecule has 0 unspecified atom stereocenters. The molecule has 3 heterocycles. The monoisotopic (exact) mass is 699 g/mol. The molecule has 11 aromatic rings. The van der Waals surface area contributed by atoms with E-state index < -0.39 is 0 Å². The first-order valence-corrected chi connectivity index (χ1v) is 18.3. The second-order valence-corrected chi connectivity index (χ2v) is 14.0. The van der Waals surface area contributed by atoms with Gasteiger partial charge in [-0.25, -0.2) is 0 Å². The van der Waals surface area contributed by atoms with Crippen LogP contribution >= 0.6 is 0 Å². The molecule has 0 spiro atoms. The van der Waals surface area contributed by atoms with Gasteiger partial charge in [0.05, 0.1) is 55.6 Å². The van der Waals surface area contributed by atoms with Crippen LogP contribution < -0.4 is 0 Å². The Hall–Kier alpha value is -7.86. The van der Waals surface area contributed by atoms with E-state index >= 15 is 0 Å². The van der Waals surface area contributed by atoms with Crippen molar-refractivity contribution >= 4 is 65.4 Å². The molecular formula is C50H29N5. The maximum absolute atomic E-state index is 10.8. The fraction of sp³-hybridized carbons (Fsp3) is 0. The third kappa shape index (κ3) is 4.39. The lowest BCUT2D eigenvalue weighted by Crippen LogP contribution is -2.01. The SMILES string of the molecule is N#Cc1cc(-c2ccccc2-n2c3ccccc3c3cccc(C#N)c32)ccc1-n1c2ccccc2c2cc(-n3c4ccccc4c4ccccc43)ccc21. The zero-order valence-corrected chi connectivity index (χ0v) is 29.5. The topological polar surface area (TPSA) is 62.4 Å². The predicted molar refractivity (Wildman–Crippen MR) is 224 cm³/mol. The van der Waals surface area contributed by atoms with Gasteiger partial charge >= 0.3 is 0 Å². The van der Waals surface area contributed by atoms with Crippen molar-refractivity contribution in [2.75, 3.05) is 0 Å². The van der Waals surface area contributed by atoms with E-state index in [0.29, 0.717) is 11.1 Å². The van der Waals surface area contributed by atoms with E-state index in [-0.39, 0.29) is 0 Å². The lowest BCUT2D eigenvalue weighted by atomic mass is 10.00. The molecule has 254 valence electrons. The highest BCUT2D eigenvalue weighted by Gasteiger charge is 2.21. The molecule has 11 rings (SSSR count). The summed E-state index contributed by atoms with van der Waals surface area (Å²) >= 11 is 0. The predicted octanol–water partition coefficient (Wildman–Crippen LogP) is 12.4. The Kier molecular flexibility index (Phi) is 6.61. The second kappa shape index (κ2) is 11.8. The van der Waals surface area contributed by atoms with Crippen LogP contribution in [-0.2, 0) is 0 Å². The van der Waals surface area contributed by atoms with Crippen LogP contribution in [0.15, 0.2) is 176 Å². The van der Waals surface area contributed by atoms with Crippen molar-refractivity contribution in [3.63, 3.8) is 0 Å². The molecule has 0 atom stereocenters. The van der Waals surface area contributed by atoms with Gasteiger partial charge in [-0.2, -0.15) is 10.5 Å². The smallest absolute Gasteiger partial charge is 0.101 e. The highest BCUT2D eigenvalue weighted by molar-refractivity contribution is 6.13. The molecule has 0 aliphatic heterocycles.